The van der Waals surface area contributed by atoms with Gasteiger partial charge in [-0.3, -0.25) is 0 Å². The summed E-state index contributed by atoms with van der Waals surface area (Å²) in [7, 11) is 1.61. The Morgan fingerprint density at radius 3 is 2.79 bits per heavy atom. The number of halogens is 1. The zero-order valence-electron chi connectivity index (χ0n) is 11.2. The number of carbonyl (C=O) groups excluding carboxylic acids is 1. The molecule has 19 heavy (non-hydrogen) atoms. The van der Waals surface area contributed by atoms with Gasteiger partial charge in [0, 0.05) is 25.2 Å². The maximum Gasteiger partial charge on any atom is 0.314 e. The molecule has 1 aromatic carbocycles. The molecule has 0 unspecified atom stereocenters. The van der Waals surface area contributed by atoms with Gasteiger partial charge >= 0.3 is 6.03 Å². The van der Waals surface area contributed by atoms with Crippen LogP contribution in [-0.4, -0.2) is 32.8 Å². The second kappa shape index (κ2) is 9.64. The van der Waals surface area contributed by atoms with Gasteiger partial charge in [-0.1, -0.05) is 23.7 Å². The van der Waals surface area contributed by atoms with Crippen LogP contribution in [0, 0.1) is 0 Å². The van der Waals surface area contributed by atoms with Gasteiger partial charge in [0.15, 0.2) is 0 Å². The minimum Gasteiger partial charge on any atom is -0.383 e. The minimum absolute atomic E-state index is 0.139. The van der Waals surface area contributed by atoms with E-state index in [2.05, 4.69) is 16.7 Å². The van der Waals surface area contributed by atoms with Gasteiger partial charge in [-0.15, -0.1) is 0 Å². The topological polar surface area (TPSA) is 50.4 Å². The minimum atomic E-state index is -0.139. The van der Waals surface area contributed by atoms with Gasteiger partial charge in [-0.05, 0) is 37.0 Å². The van der Waals surface area contributed by atoms with E-state index in [1.165, 1.54) is 5.56 Å². The largest absolute Gasteiger partial charge is 0.383 e. The van der Waals surface area contributed by atoms with Crippen molar-refractivity contribution in [3.05, 3.63) is 34.9 Å². The second-order valence-electron chi connectivity index (χ2n) is 4.26. The van der Waals surface area contributed by atoms with E-state index in [4.69, 9.17) is 16.3 Å². The second-order valence-corrected chi connectivity index (χ2v) is 4.70. The summed E-state index contributed by atoms with van der Waals surface area (Å²) in [6, 6.07) is 7.74. The van der Waals surface area contributed by atoms with Crippen molar-refractivity contribution in [2.45, 2.75) is 19.3 Å². The number of ether oxygens (including phenoxy) is 1. The molecule has 0 bridgehead atoms. The van der Waals surface area contributed by atoms with Gasteiger partial charge in [0.05, 0.1) is 6.61 Å². The van der Waals surface area contributed by atoms with E-state index in [0.717, 1.165) is 24.3 Å². The SMILES string of the molecule is COCCNC(=O)NCCCCc1cccc(Cl)c1. The molecule has 0 saturated heterocycles. The van der Waals surface area contributed by atoms with Gasteiger partial charge in [-0.2, -0.15) is 0 Å². The summed E-state index contributed by atoms with van der Waals surface area (Å²) in [5.41, 5.74) is 1.23. The van der Waals surface area contributed by atoms with Crippen LogP contribution in [0.3, 0.4) is 0 Å². The van der Waals surface area contributed by atoms with Crippen LogP contribution in [0.4, 0.5) is 4.79 Å². The first-order chi connectivity index (χ1) is 9.22. The highest BCUT2D eigenvalue weighted by Crippen LogP contribution is 2.12. The molecule has 5 heteroatoms. The average molecular weight is 285 g/mol. The molecule has 0 aliphatic rings. The third-order valence-electron chi connectivity index (χ3n) is 2.66. The van der Waals surface area contributed by atoms with Crippen LogP contribution >= 0.6 is 11.6 Å². The fraction of sp³-hybridized carbons (Fsp3) is 0.500. The van der Waals surface area contributed by atoms with Crippen molar-refractivity contribution < 1.29 is 9.53 Å². The van der Waals surface area contributed by atoms with Gasteiger partial charge < -0.3 is 15.4 Å². The summed E-state index contributed by atoms with van der Waals surface area (Å²) in [4.78, 5) is 11.3. The first kappa shape index (κ1) is 15.8. The molecule has 106 valence electrons. The normalized spacial score (nSPS) is 10.2. The number of unbranched alkanes of at least 4 members (excludes halogenated alkanes) is 1. The average Bonchev–Trinajstić information content (AvgIpc) is 2.39. The fourth-order valence-electron chi connectivity index (χ4n) is 1.68. The summed E-state index contributed by atoms with van der Waals surface area (Å²) in [5.74, 6) is 0. The molecule has 0 radical (unpaired) electrons. The quantitative estimate of drug-likeness (QED) is 0.721. The molecule has 0 heterocycles. The Morgan fingerprint density at radius 1 is 1.26 bits per heavy atom. The van der Waals surface area contributed by atoms with Gasteiger partial charge in [0.2, 0.25) is 0 Å². The number of methoxy groups -OCH3 is 1. The maximum absolute atomic E-state index is 11.3. The molecular weight excluding hydrogens is 264 g/mol. The number of benzene rings is 1. The molecule has 1 aromatic rings. The van der Waals surface area contributed by atoms with Crippen LogP contribution in [0.1, 0.15) is 18.4 Å². The fourth-order valence-corrected chi connectivity index (χ4v) is 1.89. The monoisotopic (exact) mass is 284 g/mol. The number of hydrogen-bond donors (Lipinski definition) is 2. The molecule has 1 rings (SSSR count). The molecular formula is C14H21ClN2O2. The number of aryl methyl sites for hydroxylation is 1. The summed E-state index contributed by atoms with van der Waals surface area (Å²) in [6.07, 6.45) is 2.95. The predicted octanol–water partition coefficient (Wildman–Crippen LogP) is 2.61. The van der Waals surface area contributed by atoms with E-state index in [-0.39, 0.29) is 6.03 Å². The van der Waals surface area contributed by atoms with E-state index >= 15 is 0 Å². The Labute approximate surface area is 119 Å². The standard InChI is InChI=1S/C14H21ClN2O2/c1-19-10-9-17-14(18)16-8-3-2-5-12-6-4-7-13(15)11-12/h4,6-7,11H,2-3,5,8-10H2,1H3,(H2,16,17,18). The van der Waals surface area contributed by atoms with E-state index in [1.807, 2.05) is 18.2 Å². The van der Waals surface area contributed by atoms with Crippen LogP contribution < -0.4 is 10.6 Å². The molecule has 0 aliphatic heterocycles. The van der Waals surface area contributed by atoms with Gasteiger partial charge in [0.1, 0.15) is 0 Å². The molecule has 4 nitrogen and oxygen atoms in total. The van der Waals surface area contributed by atoms with Crippen molar-refractivity contribution in [1.82, 2.24) is 10.6 Å². The van der Waals surface area contributed by atoms with Crippen molar-refractivity contribution in [2.24, 2.45) is 0 Å². The summed E-state index contributed by atoms with van der Waals surface area (Å²) >= 11 is 5.91. The predicted molar refractivity (Wildman–Crippen MR) is 77.7 cm³/mol. The molecule has 0 saturated carbocycles. The molecule has 0 atom stereocenters. The number of rotatable bonds is 8. The number of hydrogen-bond acceptors (Lipinski definition) is 2. The van der Waals surface area contributed by atoms with Crippen LogP contribution in [0.2, 0.25) is 5.02 Å². The van der Waals surface area contributed by atoms with Crippen LogP contribution in [0.5, 0.6) is 0 Å². The first-order valence-corrected chi connectivity index (χ1v) is 6.85. The molecule has 0 aromatic heterocycles. The highest BCUT2D eigenvalue weighted by Gasteiger charge is 1.99. The zero-order chi connectivity index (χ0) is 13.9. The number of carbonyl (C=O) groups is 1. The third-order valence-corrected chi connectivity index (χ3v) is 2.89. The lowest BCUT2D eigenvalue weighted by atomic mass is 10.1. The lowest BCUT2D eigenvalue weighted by molar-refractivity contribution is 0.196. The highest BCUT2D eigenvalue weighted by atomic mass is 35.5. The smallest absolute Gasteiger partial charge is 0.314 e. The van der Waals surface area contributed by atoms with Crippen molar-refractivity contribution >= 4 is 17.6 Å². The molecule has 0 aliphatic carbocycles. The van der Waals surface area contributed by atoms with Gasteiger partial charge in [-0.25, -0.2) is 4.79 Å². The van der Waals surface area contributed by atoms with Crippen molar-refractivity contribution in [1.29, 1.82) is 0 Å². The summed E-state index contributed by atoms with van der Waals surface area (Å²) in [6.45, 7) is 1.74. The summed E-state index contributed by atoms with van der Waals surface area (Å²) in [5, 5.41) is 6.29. The molecule has 0 fully saturated rings. The first-order valence-electron chi connectivity index (χ1n) is 6.47. The molecule has 0 spiro atoms. The Kier molecular flexibility index (Phi) is 8.02. The Balaban J connectivity index is 2.03. The molecule has 2 N–H and O–H groups in total. The van der Waals surface area contributed by atoms with Crippen molar-refractivity contribution in [3.8, 4) is 0 Å². The number of urea groups is 1. The van der Waals surface area contributed by atoms with Gasteiger partial charge in [0.25, 0.3) is 0 Å². The van der Waals surface area contributed by atoms with Crippen molar-refractivity contribution in [3.63, 3.8) is 0 Å². The molecule has 2 amide bonds. The van der Waals surface area contributed by atoms with E-state index in [9.17, 15) is 4.79 Å². The maximum atomic E-state index is 11.3. The third kappa shape index (κ3) is 7.70. The van der Waals surface area contributed by atoms with E-state index in [1.54, 1.807) is 7.11 Å². The number of nitrogens with one attached hydrogen (secondary N) is 2. The van der Waals surface area contributed by atoms with E-state index in [0.29, 0.717) is 19.7 Å². The zero-order valence-corrected chi connectivity index (χ0v) is 12.0. The Bertz CT molecular complexity index is 385. The van der Waals surface area contributed by atoms with Crippen LogP contribution in [0.25, 0.3) is 0 Å². The Morgan fingerprint density at radius 2 is 2.05 bits per heavy atom. The van der Waals surface area contributed by atoms with Crippen LogP contribution in [-0.2, 0) is 11.2 Å². The lowest BCUT2D eigenvalue weighted by Crippen LogP contribution is -2.37. The summed E-state index contributed by atoms with van der Waals surface area (Å²) < 4.78 is 4.84. The highest BCUT2D eigenvalue weighted by molar-refractivity contribution is 6.30. The van der Waals surface area contributed by atoms with Crippen molar-refractivity contribution in [2.75, 3.05) is 26.8 Å². The van der Waals surface area contributed by atoms with E-state index < -0.39 is 0 Å². The lowest BCUT2D eigenvalue weighted by Gasteiger charge is -2.07. The Hall–Kier alpha value is -1.26. The van der Waals surface area contributed by atoms with Crippen LogP contribution in [0.15, 0.2) is 24.3 Å². The number of amides is 2.